The zero-order valence-electron chi connectivity index (χ0n) is 8.79. The third-order valence-electron chi connectivity index (χ3n) is 2.52. The Hall–Kier alpha value is -0.870. The second-order valence-corrected chi connectivity index (χ2v) is 4.02. The summed E-state index contributed by atoms with van der Waals surface area (Å²) >= 11 is 0. The van der Waals surface area contributed by atoms with Crippen molar-refractivity contribution in [3.8, 4) is 0 Å². The molecule has 1 aromatic heterocycles. The number of nitrogens with one attached hydrogen (secondary N) is 1. The zero-order chi connectivity index (χ0) is 9.97. The monoisotopic (exact) mass is 195 g/mol. The standard InChI is InChI=1S/C10H17N3O/c1-8-6-13(4-3-11-8)7-10-5-9(2)14-12-10/h5,8,11H,3-4,6-7H2,1-2H3. The number of aromatic nitrogens is 1. The van der Waals surface area contributed by atoms with E-state index in [0.29, 0.717) is 6.04 Å². The van der Waals surface area contributed by atoms with Crippen LogP contribution in [0.5, 0.6) is 0 Å². The highest BCUT2D eigenvalue weighted by atomic mass is 16.5. The summed E-state index contributed by atoms with van der Waals surface area (Å²) < 4.78 is 5.04. The van der Waals surface area contributed by atoms with Gasteiger partial charge in [0, 0.05) is 38.3 Å². The predicted octanol–water partition coefficient (Wildman–Crippen LogP) is 0.777. The molecule has 1 aromatic rings. The molecule has 0 aromatic carbocycles. The van der Waals surface area contributed by atoms with Crippen molar-refractivity contribution in [2.45, 2.75) is 26.4 Å². The minimum atomic E-state index is 0.580. The molecule has 1 unspecified atom stereocenters. The van der Waals surface area contributed by atoms with E-state index in [1.165, 1.54) is 0 Å². The van der Waals surface area contributed by atoms with Gasteiger partial charge in [-0.15, -0.1) is 0 Å². The fourth-order valence-corrected chi connectivity index (χ4v) is 1.88. The Balaban J connectivity index is 1.90. The summed E-state index contributed by atoms with van der Waals surface area (Å²) in [7, 11) is 0. The summed E-state index contributed by atoms with van der Waals surface area (Å²) in [4.78, 5) is 2.40. The fraction of sp³-hybridized carbons (Fsp3) is 0.700. The van der Waals surface area contributed by atoms with Gasteiger partial charge in [-0.05, 0) is 13.8 Å². The van der Waals surface area contributed by atoms with Crippen LogP contribution >= 0.6 is 0 Å². The van der Waals surface area contributed by atoms with Gasteiger partial charge in [0.25, 0.3) is 0 Å². The summed E-state index contributed by atoms with van der Waals surface area (Å²) in [6, 6.07) is 2.59. The number of nitrogens with zero attached hydrogens (tertiary/aromatic N) is 2. The van der Waals surface area contributed by atoms with E-state index in [9.17, 15) is 0 Å². The van der Waals surface area contributed by atoms with Crippen LogP contribution in [0.1, 0.15) is 18.4 Å². The molecule has 2 rings (SSSR count). The summed E-state index contributed by atoms with van der Waals surface area (Å²) in [5.41, 5.74) is 1.04. The van der Waals surface area contributed by atoms with Crippen molar-refractivity contribution >= 4 is 0 Å². The summed E-state index contributed by atoms with van der Waals surface area (Å²) in [6.45, 7) is 8.29. The minimum absolute atomic E-state index is 0.580. The lowest BCUT2D eigenvalue weighted by atomic mass is 10.2. The molecule has 0 amide bonds. The van der Waals surface area contributed by atoms with Crippen LogP contribution in [0.3, 0.4) is 0 Å². The average molecular weight is 195 g/mol. The van der Waals surface area contributed by atoms with Crippen molar-refractivity contribution in [3.63, 3.8) is 0 Å². The zero-order valence-corrected chi connectivity index (χ0v) is 8.79. The van der Waals surface area contributed by atoms with Crippen molar-refractivity contribution in [2.75, 3.05) is 19.6 Å². The van der Waals surface area contributed by atoms with Gasteiger partial charge in [-0.25, -0.2) is 0 Å². The molecule has 1 N–H and O–H groups in total. The number of hydrogen-bond acceptors (Lipinski definition) is 4. The Bertz CT molecular complexity index is 297. The fourth-order valence-electron chi connectivity index (χ4n) is 1.88. The number of aryl methyl sites for hydroxylation is 1. The Morgan fingerprint density at radius 2 is 2.57 bits per heavy atom. The van der Waals surface area contributed by atoms with E-state index in [2.05, 4.69) is 22.3 Å². The van der Waals surface area contributed by atoms with E-state index in [-0.39, 0.29) is 0 Å². The minimum Gasteiger partial charge on any atom is -0.361 e. The van der Waals surface area contributed by atoms with Gasteiger partial charge in [0.05, 0.1) is 5.69 Å². The summed E-state index contributed by atoms with van der Waals surface area (Å²) in [5.74, 6) is 0.892. The molecule has 78 valence electrons. The van der Waals surface area contributed by atoms with Gasteiger partial charge in [-0.3, -0.25) is 4.90 Å². The lowest BCUT2D eigenvalue weighted by Gasteiger charge is -2.30. The molecule has 4 nitrogen and oxygen atoms in total. The van der Waals surface area contributed by atoms with Crippen molar-refractivity contribution < 1.29 is 4.52 Å². The van der Waals surface area contributed by atoms with Gasteiger partial charge >= 0.3 is 0 Å². The van der Waals surface area contributed by atoms with E-state index < -0.39 is 0 Å². The second kappa shape index (κ2) is 4.11. The van der Waals surface area contributed by atoms with Crippen molar-refractivity contribution in [2.24, 2.45) is 0 Å². The van der Waals surface area contributed by atoms with Gasteiger partial charge in [0.1, 0.15) is 5.76 Å². The maximum Gasteiger partial charge on any atom is 0.133 e. The SMILES string of the molecule is Cc1cc(CN2CCNC(C)C2)no1. The van der Waals surface area contributed by atoms with Crippen molar-refractivity contribution in [1.29, 1.82) is 0 Å². The molecule has 1 fully saturated rings. The summed E-state index contributed by atoms with van der Waals surface area (Å²) in [5, 5.41) is 7.42. The highest BCUT2D eigenvalue weighted by molar-refractivity contribution is 5.03. The first kappa shape index (κ1) is 9.68. The van der Waals surface area contributed by atoms with Crippen LogP contribution in [0.4, 0.5) is 0 Å². The molecule has 0 bridgehead atoms. The molecule has 0 radical (unpaired) electrons. The molecule has 0 spiro atoms. The van der Waals surface area contributed by atoms with E-state index >= 15 is 0 Å². The lowest BCUT2D eigenvalue weighted by molar-refractivity contribution is 0.194. The van der Waals surface area contributed by atoms with Gasteiger partial charge < -0.3 is 9.84 Å². The first-order chi connectivity index (χ1) is 6.74. The maximum atomic E-state index is 5.04. The number of piperazine rings is 1. The number of hydrogen-bond donors (Lipinski definition) is 1. The van der Waals surface area contributed by atoms with Crippen LogP contribution in [-0.4, -0.2) is 35.7 Å². The molecule has 1 atom stereocenters. The first-order valence-corrected chi connectivity index (χ1v) is 5.12. The quantitative estimate of drug-likeness (QED) is 0.757. The normalized spacial score (nSPS) is 24.0. The first-order valence-electron chi connectivity index (χ1n) is 5.12. The third-order valence-corrected chi connectivity index (χ3v) is 2.52. The van der Waals surface area contributed by atoms with Crippen LogP contribution in [0.25, 0.3) is 0 Å². The largest absolute Gasteiger partial charge is 0.361 e. The van der Waals surface area contributed by atoms with Crippen LogP contribution in [0.2, 0.25) is 0 Å². The molecular formula is C10H17N3O. The molecule has 1 aliphatic rings. The van der Waals surface area contributed by atoms with Crippen LogP contribution < -0.4 is 5.32 Å². The van der Waals surface area contributed by atoms with E-state index in [1.807, 2.05) is 13.0 Å². The molecule has 0 aliphatic carbocycles. The average Bonchev–Trinajstić information content (AvgIpc) is 2.51. The summed E-state index contributed by atoms with van der Waals surface area (Å²) in [6.07, 6.45) is 0. The predicted molar refractivity (Wildman–Crippen MR) is 54.0 cm³/mol. The van der Waals surface area contributed by atoms with Crippen LogP contribution in [0, 0.1) is 6.92 Å². The molecule has 0 saturated carbocycles. The molecule has 1 aliphatic heterocycles. The second-order valence-electron chi connectivity index (χ2n) is 4.02. The van der Waals surface area contributed by atoms with Gasteiger partial charge in [0.15, 0.2) is 0 Å². The highest BCUT2D eigenvalue weighted by Gasteiger charge is 2.16. The molecular weight excluding hydrogens is 178 g/mol. The molecule has 4 heteroatoms. The maximum absolute atomic E-state index is 5.04. The van der Waals surface area contributed by atoms with Crippen LogP contribution in [0.15, 0.2) is 10.6 Å². The van der Waals surface area contributed by atoms with Crippen molar-refractivity contribution in [3.05, 3.63) is 17.5 Å². The molecule has 2 heterocycles. The number of rotatable bonds is 2. The third kappa shape index (κ3) is 2.33. The van der Waals surface area contributed by atoms with E-state index in [0.717, 1.165) is 37.6 Å². The molecule has 1 saturated heterocycles. The van der Waals surface area contributed by atoms with Gasteiger partial charge in [-0.2, -0.15) is 0 Å². The van der Waals surface area contributed by atoms with Gasteiger partial charge in [0.2, 0.25) is 0 Å². The Labute approximate surface area is 84.3 Å². The highest BCUT2D eigenvalue weighted by Crippen LogP contribution is 2.07. The van der Waals surface area contributed by atoms with Crippen LogP contribution in [-0.2, 0) is 6.54 Å². The lowest BCUT2D eigenvalue weighted by Crippen LogP contribution is -2.48. The topological polar surface area (TPSA) is 41.3 Å². The Morgan fingerprint density at radius 3 is 3.21 bits per heavy atom. The Morgan fingerprint density at radius 1 is 1.71 bits per heavy atom. The Kier molecular flexibility index (Phi) is 2.84. The molecule has 14 heavy (non-hydrogen) atoms. The van der Waals surface area contributed by atoms with Crippen molar-refractivity contribution in [1.82, 2.24) is 15.4 Å². The van der Waals surface area contributed by atoms with Gasteiger partial charge in [-0.1, -0.05) is 5.16 Å². The van der Waals surface area contributed by atoms with E-state index in [1.54, 1.807) is 0 Å². The van der Waals surface area contributed by atoms with E-state index in [4.69, 9.17) is 4.52 Å². The smallest absolute Gasteiger partial charge is 0.133 e.